The third-order valence-corrected chi connectivity index (χ3v) is 4.31. The van der Waals surface area contributed by atoms with Crippen molar-refractivity contribution in [3.8, 4) is 0 Å². The summed E-state index contributed by atoms with van der Waals surface area (Å²) in [5.74, 6) is 1.54. The van der Waals surface area contributed by atoms with Crippen LogP contribution in [0.5, 0.6) is 0 Å². The van der Waals surface area contributed by atoms with Crippen molar-refractivity contribution < 1.29 is 9.90 Å². The molecule has 98 valence electrons. The maximum atomic E-state index is 11.3. The number of aliphatic carboxylic acids is 1. The molecule has 1 unspecified atom stereocenters. The predicted octanol–water partition coefficient (Wildman–Crippen LogP) is 2.24. The molecule has 1 aromatic carbocycles. The summed E-state index contributed by atoms with van der Waals surface area (Å²) in [5, 5.41) is 10.4. The van der Waals surface area contributed by atoms with Crippen LogP contribution in [0.1, 0.15) is 0 Å². The van der Waals surface area contributed by atoms with E-state index in [4.69, 9.17) is 0 Å². The molecule has 1 aromatic heterocycles. The number of rotatable bonds is 2. The summed E-state index contributed by atoms with van der Waals surface area (Å²) >= 11 is 1.68. The van der Waals surface area contributed by atoms with Crippen LogP contribution in [0.25, 0.3) is 10.9 Å². The molecule has 3 rings (SSSR count). The lowest BCUT2D eigenvalue weighted by Crippen LogP contribution is -2.47. The van der Waals surface area contributed by atoms with E-state index in [0.29, 0.717) is 5.75 Å². The Balaban J connectivity index is 1.99. The molecule has 4 nitrogen and oxygen atoms in total. The molecule has 0 spiro atoms. The lowest BCUT2D eigenvalue weighted by Gasteiger charge is -2.33. The second-order valence-electron chi connectivity index (χ2n) is 4.48. The Morgan fingerprint density at radius 2 is 2.16 bits per heavy atom. The van der Waals surface area contributed by atoms with Gasteiger partial charge in [-0.2, -0.15) is 11.8 Å². The number of carboxylic acid groups (broad SMARTS) is 1. The Bertz CT molecular complexity index is 617. The Hall–Kier alpha value is -1.75. The lowest BCUT2D eigenvalue weighted by molar-refractivity contribution is -0.138. The summed E-state index contributed by atoms with van der Waals surface area (Å²) in [5.41, 5.74) is 0.905. The van der Waals surface area contributed by atoms with Gasteiger partial charge in [0.05, 0.1) is 5.52 Å². The van der Waals surface area contributed by atoms with Gasteiger partial charge in [-0.15, -0.1) is 0 Å². The van der Waals surface area contributed by atoms with E-state index in [9.17, 15) is 9.90 Å². The molecule has 2 heterocycles. The van der Waals surface area contributed by atoms with Crippen LogP contribution < -0.4 is 4.90 Å². The number of nitrogens with zero attached hydrogens (tertiary/aromatic N) is 2. The van der Waals surface area contributed by atoms with Crippen LogP contribution in [0.4, 0.5) is 5.82 Å². The molecule has 1 N–H and O–H groups in total. The van der Waals surface area contributed by atoms with Crippen LogP contribution >= 0.6 is 11.8 Å². The molecule has 1 fully saturated rings. The van der Waals surface area contributed by atoms with Crippen molar-refractivity contribution in [2.75, 3.05) is 23.0 Å². The molecule has 0 radical (unpaired) electrons. The van der Waals surface area contributed by atoms with E-state index in [2.05, 4.69) is 4.98 Å². The predicted molar refractivity (Wildman–Crippen MR) is 77.8 cm³/mol. The number of hydrogen-bond acceptors (Lipinski definition) is 4. The van der Waals surface area contributed by atoms with E-state index < -0.39 is 12.0 Å². The summed E-state index contributed by atoms with van der Waals surface area (Å²) in [6.45, 7) is 0.729. The molecular weight excluding hydrogens is 260 g/mol. The van der Waals surface area contributed by atoms with Gasteiger partial charge in [-0.25, -0.2) is 9.78 Å². The maximum Gasteiger partial charge on any atom is 0.327 e. The van der Waals surface area contributed by atoms with Gasteiger partial charge in [0.2, 0.25) is 0 Å². The van der Waals surface area contributed by atoms with Crippen LogP contribution in [-0.4, -0.2) is 40.2 Å². The minimum Gasteiger partial charge on any atom is -0.480 e. The third-order valence-electron chi connectivity index (χ3n) is 3.29. The van der Waals surface area contributed by atoms with E-state index in [1.165, 1.54) is 0 Å². The number of carboxylic acids is 1. The summed E-state index contributed by atoms with van der Waals surface area (Å²) in [4.78, 5) is 17.8. The van der Waals surface area contributed by atoms with Gasteiger partial charge in [0, 0.05) is 23.4 Å². The van der Waals surface area contributed by atoms with Crippen molar-refractivity contribution in [3.05, 3.63) is 36.4 Å². The highest BCUT2D eigenvalue weighted by atomic mass is 32.2. The minimum atomic E-state index is -0.776. The van der Waals surface area contributed by atoms with Gasteiger partial charge in [0.25, 0.3) is 0 Å². The number of thioether (sulfide) groups is 1. The number of carbonyl (C=O) groups is 1. The Morgan fingerprint density at radius 3 is 3.00 bits per heavy atom. The molecule has 19 heavy (non-hydrogen) atoms. The van der Waals surface area contributed by atoms with Gasteiger partial charge in [-0.05, 0) is 18.2 Å². The van der Waals surface area contributed by atoms with Crippen LogP contribution in [0, 0.1) is 0 Å². The molecule has 5 heteroatoms. The summed E-state index contributed by atoms with van der Waals surface area (Å²) in [6, 6.07) is 11.3. The van der Waals surface area contributed by atoms with Crippen LogP contribution in [-0.2, 0) is 4.79 Å². The van der Waals surface area contributed by atoms with Crippen LogP contribution in [0.15, 0.2) is 36.4 Å². The summed E-state index contributed by atoms with van der Waals surface area (Å²) in [7, 11) is 0. The van der Waals surface area contributed by atoms with E-state index in [-0.39, 0.29) is 0 Å². The minimum absolute atomic E-state index is 0.479. The van der Waals surface area contributed by atoms with Gasteiger partial charge in [-0.3, -0.25) is 0 Å². The first-order valence-corrected chi connectivity index (χ1v) is 7.34. The van der Waals surface area contributed by atoms with Crippen molar-refractivity contribution in [3.63, 3.8) is 0 Å². The van der Waals surface area contributed by atoms with Gasteiger partial charge in [-0.1, -0.05) is 18.2 Å². The molecule has 1 saturated heterocycles. The number of anilines is 1. The standard InChI is InChI=1S/C14H14N2O2S/c17-14(18)12-9-19-8-7-16(12)13-6-5-10-3-1-2-4-11(10)15-13/h1-6,12H,7-9H2,(H,17,18). The highest BCUT2D eigenvalue weighted by Crippen LogP contribution is 2.24. The topological polar surface area (TPSA) is 53.4 Å². The van der Waals surface area contributed by atoms with Crippen molar-refractivity contribution in [2.24, 2.45) is 0 Å². The molecule has 1 aliphatic rings. The van der Waals surface area contributed by atoms with Crippen molar-refractivity contribution >= 4 is 34.5 Å². The van der Waals surface area contributed by atoms with Gasteiger partial charge >= 0.3 is 5.97 Å². The molecule has 2 aromatic rings. The third kappa shape index (κ3) is 2.38. The number of fused-ring (bicyclic) bond motifs is 1. The zero-order chi connectivity index (χ0) is 13.2. The fourth-order valence-electron chi connectivity index (χ4n) is 2.30. The summed E-state index contributed by atoms with van der Waals surface area (Å²) in [6.07, 6.45) is 0. The molecule has 0 amide bonds. The molecule has 1 aliphatic heterocycles. The van der Waals surface area contributed by atoms with Crippen molar-refractivity contribution in [1.29, 1.82) is 0 Å². The average molecular weight is 274 g/mol. The van der Waals surface area contributed by atoms with E-state index in [1.807, 2.05) is 41.3 Å². The fourth-order valence-corrected chi connectivity index (χ4v) is 3.34. The average Bonchev–Trinajstić information content (AvgIpc) is 2.46. The smallest absolute Gasteiger partial charge is 0.327 e. The van der Waals surface area contributed by atoms with Crippen LogP contribution in [0.2, 0.25) is 0 Å². The fraction of sp³-hybridized carbons (Fsp3) is 0.286. The number of aromatic nitrogens is 1. The quantitative estimate of drug-likeness (QED) is 0.910. The second-order valence-corrected chi connectivity index (χ2v) is 5.63. The monoisotopic (exact) mass is 274 g/mol. The Morgan fingerprint density at radius 1 is 1.32 bits per heavy atom. The van der Waals surface area contributed by atoms with Crippen LogP contribution in [0.3, 0.4) is 0 Å². The molecule has 1 atom stereocenters. The molecular formula is C14H14N2O2S. The first kappa shape index (κ1) is 12.3. The number of pyridine rings is 1. The molecule has 0 bridgehead atoms. The normalized spacial score (nSPS) is 19.6. The summed E-state index contributed by atoms with van der Waals surface area (Å²) < 4.78 is 0. The van der Waals surface area contributed by atoms with Gasteiger partial charge < -0.3 is 10.0 Å². The lowest BCUT2D eigenvalue weighted by atomic mass is 10.2. The van der Waals surface area contributed by atoms with Gasteiger partial charge in [0.15, 0.2) is 0 Å². The number of para-hydroxylation sites is 1. The molecule has 0 saturated carbocycles. The SMILES string of the molecule is O=C(O)C1CSCCN1c1ccc2ccccc2n1. The highest BCUT2D eigenvalue weighted by molar-refractivity contribution is 7.99. The zero-order valence-electron chi connectivity index (χ0n) is 10.3. The first-order valence-electron chi connectivity index (χ1n) is 6.19. The number of hydrogen-bond donors (Lipinski definition) is 1. The second kappa shape index (κ2) is 5.09. The molecule has 0 aliphatic carbocycles. The highest BCUT2D eigenvalue weighted by Gasteiger charge is 2.29. The van der Waals surface area contributed by atoms with Gasteiger partial charge in [0.1, 0.15) is 11.9 Å². The Labute approximate surface area is 115 Å². The van der Waals surface area contributed by atoms with E-state index in [0.717, 1.165) is 29.0 Å². The largest absolute Gasteiger partial charge is 0.480 e. The van der Waals surface area contributed by atoms with E-state index >= 15 is 0 Å². The first-order chi connectivity index (χ1) is 9.25. The number of benzene rings is 1. The maximum absolute atomic E-state index is 11.3. The zero-order valence-corrected chi connectivity index (χ0v) is 11.1. The van der Waals surface area contributed by atoms with E-state index in [1.54, 1.807) is 11.8 Å². The Kier molecular flexibility index (Phi) is 3.29. The van der Waals surface area contributed by atoms with Crippen molar-refractivity contribution in [2.45, 2.75) is 6.04 Å². The van der Waals surface area contributed by atoms with Crippen molar-refractivity contribution in [1.82, 2.24) is 4.98 Å².